The Labute approximate surface area is 122 Å². The van der Waals surface area contributed by atoms with E-state index in [1.54, 1.807) is 19.1 Å². The minimum absolute atomic E-state index is 0.0928. The van der Waals surface area contributed by atoms with Crippen LogP contribution in [0.3, 0.4) is 0 Å². The van der Waals surface area contributed by atoms with Crippen molar-refractivity contribution in [1.29, 1.82) is 0 Å². The van der Waals surface area contributed by atoms with Gasteiger partial charge in [0.15, 0.2) is 6.61 Å². The number of amides is 1. The summed E-state index contributed by atoms with van der Waals surface area (Å²) in [6.07, 6.45) is 0.459. The monoisotopic (exact) mass is 299 g/mol. The number of rotatable bonds is 7. The highest BCUT2D eigenvalue weighted by molar-refractivity contribution is 6.32. The second kappa shape index (κ2) is 7.75. The largest absolute Gasteiger partial charge is 0.482 e. The molecule has 0 saturated heterocycles. The molecule has 0 aliphatic heterocycles. The highest BCUT2D eigenvalue weighted by Gasteiger charge is 2.16. The number of carbonyl (C=O) groups is 2. The van der Waals surface area contributed by atoms with Crippen molar-refractivity contribution < 1.29 is 19.4 Å². The molecule has 1 atom stereocenters. The zero-order valence-corrected chi connectivity index (χ0v) is 12.2. The van der Waals surface area contributed by atoms with E-state index in [4.69, 9.17) is 21.4 Å². The van der Waals surface area contributed by atoms with Gasteiger partial charge in [-0.15, -0.1) is 0 Å². The van der Waals surface area contributed by atoms with Gasteiger partial charge in [-0.05, 0) is 31.0 Å². The van der Waals surface area contributed by atoms with Crippen molar-refractivity contribution in [2.45, 2.75) is 20.3 Å². The predicted octanol–water partition coefficient (Wildman–Crippen LogP) is 2.25. The second-order valence-corrected chi connectivity index (χ2v) is 4.88. The van der Waals surface area contributed by atoms with Crippen molar-refractivity contribution in [1.82, 2.24) is 5.32 Å². The molecule has 1 rings (SSSR count). The third kappa shape index (κ3) is 5.09. The Bertz CT molecular complexity index is 490. The maximum absolute atomic E-state index is 11.6. The molecular formula is C14H18ClNO4. The van der Waals surface area contributed by atoms with E-state index in [9.17, 15) is 9.59 Å². The number of halogens is 1. The summed E-state index contributed by atoms with van der Waals surface area (Å²) in [5, 5.41) is 11.8. The normalized spacial score (nSPS) is 11.8. The predicted molar refractivity (Wildman–Crippen MR) is 76.1 cm³/mol. The highest BCUT2D eigenvalue weighted by atomic mass is 35.5. The highest BCUT2D eigenvalue weighted by Crippen LogP contribution is 2.24. The van der Waals surface area contributed by atoms with Crippen LogP contribution >= 0.6 is 11.6 Å². The Balaban J connectivity index is 2.43. The zero-order chi connectivity index (χ0) is 15.1. The lowest BCUT2D eigenvalue weighted by Gasteiger charge is -2.12. The zero-order valence-electron chi connectivity index (χ0n) is 11.5. The van der Waals surface area contributed by atoms with E-state index in [0.29, 0.717) is 17.2 Å². The lowest BCUT2D eigenvalue weighted by atomic mass is 10.1. The first-order valence-corrected chi connectivity index (χ1v) is 6.70. The first kappa shape index (κ1) is 16.3. The molecule has 0 saturated carbocycles. The molecular weight excluding hydrogens is 282 g/mol. The van der Waals surface area contributed by atoms with Crippen LogP contribution in [0.5, 0.6) is 5.75 Å². The number of benzene rings is 1. The van der Waals surface area contributed by atoms with Crippen LogP contribution in [-0.4, -0.2) is 30.1 Å². The van der Waals surface area contributed by atoms with Crippen LogP contribution in [0.4, 0.5) is 0 Å². The smallest absolute Gasteiger partial charge is 0.308 e. The van der Waals surface area contributed by atoms with Crippen molar-refractivity contribution in [2.24, 2.45) is 5.92 Å². The van der Waals surface area contributed by atoms with Gasteiger partial charge in [-0.25, -0.2) is 0 Å². The fourth-order valence-electron chi connectivity index (χ4n) is 1.56. The van der Waals surface area contributed by atoms with Crippen LogP contribution in [-0.2, 0) is 9.59 Å². The molecule has 0 radical (unpaired) electrons. The Morgan fingerprint density at radius 1 is 1.45 bits per heavy atom. The molecule has 20 heavy (non-hydrogen) atoms. The van der Waals surface area contributed by atoms with E-state index in [1.807, 2.05) is 13.0 Å². The molecule has 5 nitrogen and oxygen atoms in total. The molecule has 6 heteroatoms. The summed E-state index contributed by atoms with van der Waals surface area (Å²) in [7, 11) is 0. The average molecular weight is 300 g/mol. The maximum Gasteiger partial charge on any atom is 0.308 e. The van der Waals surface area contributed by atoms with E-state index in [0.717, 1.165) is 5.56 Å². The van der Waals surface area contributed by atoms with E-state index in [-0.39, 0.29) is 19.1 Å². The SMILES string of the molecule is CCC(CNC(=O)COc1cc(C)ccc1Cl)C(=O)O. The van der Waals surface area contributed by atoms with E-state index in [1.165, 1.54) is 0 Å². The van der Waals surface area contributed by atoms with Gasteiger partial charge in [0.2, 0.25) is 0 Å². The lowest BCUT2D eigenvalue weighted by Crippen LogP contribution is -2.35. The minimum atomic E-state index is -0.921. The summed E-state index contributed by atoms with van der Waals surface area (Å²) in [5.41, 5.74) is 0.974. The Hall–Kier alpha value is -1.75. The van der Waals surface area contributed by atoms with Gasteiger partial charge in [-0.1, -0.05) is 24.6 Å². The molecule has 0 aliphatic rings. The van der Waals surface area contributed by atoms with Crippen LogP contribution in [0, 0.1) is 12.8 Å². The molecule has 1 aromatic rings. The Morgan fingerprint density at radius 2 is 2.15 bits per heavy atom. The molecule has 1 unspecified atom stereocenters. The summed E-state index contributed by atoms with van der Waals surface area (Å²) in [4.78, 5) is 22.4. The number of hydrogen-bond donors (Lipinski definition) is 2. The standard InChI is InChI=1S/C14H18ClNO4/c1-3-10(14(18)19)7-16-13(17)8-20-12-6-9(2)4-5-11(12)15/h4-6,10H,3,7-8H2,1-2H3,(H,16,17)(H,18,19). The molecule has 0 bridgehead atoms. The molecule has 0 spiro atoms. The first-order valence-electron chi connectivity index (χ1n) is 6.32. The van der Waals surface area contributed by atoms with Crippen LogP contribution < -0.4 is 10.1 Å². The molecule has 0 aliphatic carbocycles. The quantitative estimate of drug-likeness (QED) is 0.810. The van der Waals surface area contributed by atoms with E-state index >= 15 is 0 Å². The van der Waals surface area contributed by atoms with Gasteiger partial charge in [0.25, 0.3) is 5.91 Å². The van der Waals surface area contributed by atoms with Crippen LogP contribution in [0.2, 0.25) is 5.02 Å². The van der Waals surface area contributed by atoms with Crippen molar-refractivity contribution in [3.8, 4) is 5.75 Å². The summed E-state index contributed by atoms with van der Waals surface area (Å²) >= 11 is 5.94. The van der Waals surface area contributed by atoms with Gasteiger partial charge >= 0.3 is 5.97 Å². The lowest BCUT2D eigenvalue weighted by molar-refractivity contribution is -0.141. The van der Waals surface area contributed by atoms with Crippen LogP contribution in [0.15, 0.2) is 18.2 Å². The molecule has 0 fully saturated rings. The minimum Gasteiger partial charge on any atom is -0.482 e. The van der Waals surface area contributed by atoms with Crippen LogP contribution in [0.25, 0.3) is 0 Å². The first-order chi connectivity index (χ1) is 9.43. The summed E-state index contributed by atoms with van der Waals surface area (Å²) in [6.45, 7) is 3.55. The third-order valence-corrected chi connectivity index (χ3v) is 3.15. The summed E-state index contributed by atoms with van der Waals surface area (Å²) in [6, 6.07) is 5.28. The van der Waals surface area contributed by atoms with Crippen molar-refractivity contribution in [3.63, 3.8) is 0 Å². The van der Waals surface area contributed by atoms with Crippen LogP contribution in [0.1, 0.15) is 18.9 Å². The molecule has 1 amide bonds. The Morgan fingerprint density at radius 3 is 2.75 bits per heavy atom. The summed E-state index contributed by atoms with van der Waals surface area (Å²) < 4.78 is 5.31. The second-order valence-electron chi connectivity index (χ2n) is 4.47. The number of carboxylic acids is 1. The number of hydrogen-bond acceptors (Lipinski definition) is 3. The molecule has 2 N–H and O–H groups in total. The number of carboxylic acid groups (broad SMARTS) is 1. The molecule has 0 heterocycles. The number of aliphatic carboxylic acids is 1. The third-order valence-electron chi connectivity index (χ3n) is 2.83. The van der Waals surface area contributed by atoms with E-state index < -0.39 is 11.9 Å². The average Bonchev–Trinajstić information content (AvgIpc) is 2.40. The molecule has 1 aromatic carbocycles. The molecule has 0 aromatic heterocycles. The summed E-state index contributed by atoms with van der Waals surface area (Å²) in [5.74, 6) is -1.44. The number of aryl methyl sites for hydroxylation is 1. The van der Waals surface area contributed by atoms with Crippen molar-refractivity contribution in [2.75, 3.05) is 13.2 Å². The maximum atomic E-state index is 11.6. The fourth-order valence-corrected chi connectivity index (χ4v) is 1.73. The van der Waals surface area contributed by atoms with Crippen molar-refractivity contribution >= 4 is 23.5 Å². The van der Waals surface area contributed by atoms with Gasteiger partial charge < -0.3 is 15.2 Å². The number of ether oxygens (including phenoxy) is 1. The number of carbonyl (C=O) groups excluding carboxylic acids is 1. The van der Waals surface area contributed by atoms with Gasteiger partial charge in [-0.3, -0.25) is 9.59 Å². The van der Waals surface area contributed by atoms with Gasteiger partial charge in [0.05, 0.1) is 10.9 Å². The van der Waals surface area contributed by atoms with Gasteiger partial charge in [-0.2, -0.15) is 0 Å². The topological polar surface area (TPSA) is 75.6 Å². The molecule has 110 valence electrons. The van der Waals surface area contributed by atoms with Crippen molar-refractivity contribution in [3.05, 3.63) is 28.8 Å². The fraction of sp³-hybridized carbons (Fsp3) is 0.429. The van der Waals surface area contributed by atoms with E-state index in [2.05, 4.69) is 5.32 Å². The van der Waals surface area contributed by atoms with Gasteiger partial charge in [0, 0.05) is 6.54 Å². The van der Waals surface area contributed by atoms with Gasteiger partial charge in [0.1, 0.15) is 5.75 Å². The Kier molecular flexibility index (Phi) is 6.31. The number of nitrogens with one attached hydrogen (secondary N) is 1.